The van der Waals surface area contributed by atoms with Crippen molar-refractivity contribution in [1.29, 1.82) is 0 Å². The van der Waals surface area contributed by atoms with Crippen LogP contribution in [0.2, 0.25) is 5.02 Å². The number of hydrogen-bond acceptors (Lipinski definition) is 3. The van der Waals surface area contributed by atoms with E-state index < -0.39 is 12.3 Å². The van der Waals surface area contributed by atoms with E-state index >= 15 is 0 Å². The van der Waals surface area contributed by atoms with Gasteiger partial charge in [-0.25, -0.2) is 8.78 Å². The minimum absolute atomic E-state index is 0.272. The summed E-state index contributed by atoms with van der Waals surface area (Å²) in [7, 11) is 0. The van der Waals surface area contributed by atoms with Crippen molar-refractivity contribution in [3.8, 4) is 0 Å². The minimum atomic E-state index is -2.69. The van der Waals surface area contributed by atoms with Crippen LogP contribution in [0.3, 0.4) is 0 Å². The highest BCUT2D eigenvalue weighted by atomic mass is 35.5. The number of nitrogens with zero attached hydrogens (tertiary/aromatic N) is 2. The van der Waals surface area contributed by atoms with Crippen LogP contribution < -0.4 is 5.32 Å². The van der Waals surface area contributed by atoms with Crippen molar-refractivity contribution in [1.82, 2.24) is 9.78 Å². The zero-order valence-electron chi connectivity index (χ0n) is 14.3. The Bertz CT molecular complexity index is 944. The van der Waals surface area contributed by atoms with E-state index in [2.05, 4.69) is 10.4 Å². The molecule has 3 aromatic rings. The first kappa shape index (κ1) is 19.4. The van der Waals surface area contributed by atoms with Crippen LogP contribution in [0.1, 0.15) is 17.8 Å². The number of para-hydroxylation sites is 1. The SMILES string of the molecule is Cc1cc(C(F)F)n(CC(=O)Nc2ccccc2Sc2ccc(Cl)cc2)n1. The van der Waals surface area contributed by atoms with Gasteiger partial charge < -0.3 is 5.32 Å². The number of alkyl halides is 2. The summed E-state index contributed by atoms with van der Waals surface area (Å²) >= 11 is 7.37. The van der Waals surface area contributed by atoms with E-state index in [1.807, 2.05) is 24.3 Å². The van der Waals surface area contributed by atoms with Gasteiger partial charge >= 0.3 is 0 Å². The van der Waals surface area contributed by atoms with Gasteiger partial charge in [0.2, 0.25) is 5.91 Å². The Morgan fingerprint density at radius 2 is 1.93 bits per heavy atom. The molecule has 0 atom stereocenters. The van der Waals surface area contributed by atoms with E-state index in [0.29, 0.717) is 16.4 Å². The number of hydrogen-bond donors (Lipinski definition) is 1. The normalized spacial score (nSPS) is 11.0. The van der Waals surface area contributed by atoms with Crippen molar-refractivity contribution >= 4 is 35.0 Å². The van der Waals surface area contributed by atoms with Gasteiger partial charge in [0.25, 0.3) is 6.43 Å². The Morgan fingerprint density at radius 3 is 2.63 bits per heavy atom. The first-order valence-corrected chi connectivity index (χ1v) is 9.26. The second-order valence-electron chi connectivity index (χ2n) is 5.77. The van der Waals surface area contributed by atoms with Crippen LogP contribution in [-0.4, -0.2) is 15.7 Å². The molecule has 8 heteroatoms. The van der Waals surface area contributed by atoms with Gasteiger partial charge in [0.05, 0.1) is 11.4 Å². The van der Waals surface area contributed by atoms with Gasteiger partial charge in [-0.15, -0.1) is 0 Å². The highest BCUT2D eigenvalue weighted by Crippen LogP contribution is 2.34. The lowest BCUT2D eigenvalue weighted by Gasteiger charge is -2.12. The summed E-state index contributed by atoms with van der Waals surface area (Å²) in [5, 5.41) is 7.39. The number of halogens is 3. The van der Waals surface area contributed by atoms with Crippen molar-refractivity contribution < 1.29 is 13.6 Å². The standard InChI is InChI=1S/C19H16ClF2N3OS/c1-12-10-16(19(21)22)25(24-12)11-18(26)23-15-4-2-3-5-17(15)27-14-8-6-13(20)7-9-14/h2-10,19H,11H2,1H3,(H,23,26). The van der Waals surface area contributed by atoms with Crippen LogP contribution in [0.15, 0.2) is 64.4 Å². The van der Waals surface area contributed by atoms with E-state index in [-0.39, 0.29) is 12.2 Å². The fourth-order valence-corrected chi connectivity index (χ4v) is 3.51. The molecule has 0 bridgehead atoms. The molecule has 0 saturated heterocycles. The number of amides is 1. The van der Waals surface area contributed by atoms with Gasteiger partial charge in [0, 0.05) is 14.8 Å². The summed E-state index contributed by atoms with van der Waals surface area (Å²) < 4.78 is 27.1. The molecule has 1 amide bonds. The second-order valence-corrected chi connectivity index (χ2v) is 7.32. The smallest absolute Gasteiger partial charge is 0.280 e. The molecule has 1 aromatic heterocycles. The Kier molecular flexibility index (Phi) is 6.13. The molecule has 0 unspecified atom stereocenters. The van der Waals surface area contributed by atoms with Crippen molar-refractivity contribution in [2.24, 2.45) is 0 Å². The quantitative estimate of drug-likeness (QED) is 0.580. The highest BCUT2D eigenvalue weighted by molar-refractivity contribution is 7.99. The third kappa shape index (κ3) is 5.08. The zero-order chi connectivity index (χ0) is 19.4. The lowest BCUT2D eigenvalue weighted by Crippen LogP contribution is -2.21. The van der Waals surface area contributed by atoms with Crippen molar-refractivity contribution in [3.05, 3.63) is 71.0 Å². The molecule has 0 aliphatic carbocycles. The number of aryl methyl sites for hydroxylation is 1. The van der Waals surface area contributed by atoms with Crippen LogP contribution in [0.25, 0.3) is 0 Å². The summed E-state index contributed by atoms with van der Waals surface area (Å²) in [5.41, 5.74) is 0.771. The van der Waals surface area contributed by atoms with Gasteiger partial charge in [-0.2, -0.15) is 5.10 Å². The molecule has 4 nitrogen and oxygen atoms in total. The van der Waals surface area contributed by atoms with Crippen molar-refractivity contribution in [3.63, 3.8) is 0 Å². The van der Waals surface area contributed by atoms with E-state index in [1.165, 1.54) is 17.8 Å². The molecule has 27 heavy (non-hydrogen) atoms. The molecular formula is C19H16ClF2N3OS. The molecule has 0 saturated carbocycles. The number of rotatable bonds is 6. The highest BCUT2D eigenvalue weighted by Gasteiger charge is 2.18. The van der Waals surface area contributed by atoms with Gasteiger partial charge in [0.15, 0.2) is 0 Å². The van der Waals surface area contributed by atoms with Crippen LogP contribution in [0.4, 0.5) is 14.5 Å². The van der Waals surface area contributed by atoms with Crippen LogP contribution in [0, 0.1) is 6.92 Å². The molecule has 0 aliphatic rings. The number of carbonyl (C=O) groups is 1. The molecule has 3 rings (SSSR count). The Labute approximate surface area is 164 Å². The number of carbonyl (C=O) groups excluding carboxylic acids is 1. The van der Waals surface area contributed by atoms with Crippen molar-refractivity contribution in [2.75, 3.05) is 5.32 Å². The minimum Gasteiger partial charge on any atom is -0.323 e. The largest absolute Gasteiger partial charge is 0.323 e. The van der Waals surface area contributed by atoms with Gasteiger partial charge in [0.1, 0.15) is 12.2 Å². The van der Waals surface area contributed by atoms with E-state index in [1.54, 1.807) is 31.2 Å². The second kappa shape index (κ2) is 8.54. The molecule has 2 aromatic carbocycles. The fraction of sp³-hybridized carbons (Fsp3) is 0.158. The van der Waals surface area contributed by atoms with Gasteiger partial charge in [-0.05, 0) is 49.4 Å². The molecule has 0 aliphatic heterocycles. The maximum atomic E-state index is 13.0. The molecule has 1 heterocycles. The summed E-state index contributed by atoms with van der Waals surface area (Å²) in [5.74, 6) is -0.427. The summed E-state index contributed by atoms with van der Waals surface area (Å²) in [4.78, 5) is 14.2. The molecule has 1 N–H and O–H groups in total. The summed E-state index contributed by atoms with van der Waals surface area (Å²) in [6.07, 6.45) is -2.69. The Balaban J connectivity index is 1.74. The van der Waals surface area contributed by atoms with Gasteiger partial charge in [-0.1, -0.05) is 35.5 Å². The average Bonchev–Trinajstić information content (AvgIpc) is 2.99. The van der Waals surface area contributed by atoms with E-state index in [0.717, 1.165) is 14.5 Å². The number of benzene rings is 2. The molecule has 0 fully saturated rings. The lowest BCUT2D eigenvalue weighted by atomic mass is 10.3. The summed E-state index contributed by atoms with van der Waals surface area (Å²) in [6.45, 7) is 1.33. The summed E-state index contributed by atoms with van der Waals surface area (Å²) in [6, 6.07) is 15.9. The lowest BCUT2D eigenvalue weighted by molar-refractivity contribution is -0.117. The predicted molar refractivity (Wildman–Crippen MR) is 103 cm³/mol. The van der Waals surface area contributed by atoms with E-state index in [4.69, 9.17) is 11.6 Å². The molecule has 0 spiro atoms. The predicted octanol–water partition coefficient (Wildman–Crippen LogP) is 5.57. The fourth-order valence-electron chi connectivity index (χ4n) is 2.48. The molecular weight excluding hydrogens is 392 g/mol. The zero-order valence-corrected chi connectivity index (χ0v) is 15.9. The van der Waals surface area contributed by atoms with Crippen molar-refractivity contribution in [2.45, 2.75) is 29.7 Å². The Hall–Kier alpha value is -2.38. The Morgan fingerprint density at radius 1 is 1.22 bits per heavy atom. The maximum Gasteiger partial charge on any atom is 0.280 e. The van der Waals surface area contributed by atoms with E-state index in [9.17, 15) is 13.6 Å². The molecule has 0 radical (unpaired) electrons. The third-order valence-corrected chi connectivity index (χ3v) is 4.99. The number of anilines is 1. The average molecular weight is 408 g/mol. The van der Waals surface area contributed by atoms with Crippen LogP contribution in [0.5, 0.6) is 0 Å². The monoisotopic (exact) mass is 407 g/mol. The van der Waals surface area contributed by atoms with Crippen LogP contribution in [-0.2, 0) is 11.3 Å². The maximum absolute atomic E-state index is 13.0. The topological polar surface area (TPSA) is 46.9 Å². The van der Waals surface area contributed by atoms with Crippen LogP contribution >= 0.6 is 23.4 Å². The number of aromatic nitrogens is 2. The number of nitrogens with one attached hydrogen (secondary N) is 1. The third-order valence-electron chi connectivity index (χ3n) is 3.65. The molecule has 140 valence electrons. The first-order chi connectivity index (χ1) is 12.9. The first-order valence-electron chi connectivity index (χ1n) is 8.07. The van der Waals surface area contributed by atoms with Gasteiger partial charge in [-0.3, -0.25) is 9.48 Å².